The maximum atomic E-state index is 4.81. The van der Waals surface area contributed by atoms with Gasteiger partial charge in [-0.05, 0) is 11.1 Å². The van der Waals surface area contributed by atoms with Crippen LogP contribution < -0.4 is 5.32 Å². The van der Waals surface area contributed by atoms with Gasteiger partial charge in [0.2, 0.25) is 0 Å². The number of nitrogens with zero attached hydrogens (tertiary/aromatic N) is 2. The first-order valence-corrected chi connectivity index (χ1v) is 11.3. The Hall–Kier alpha value is -1.28. The number of rotatable bonds is 5. The summed E-state index contributed by atoms with van der Waals surface area (Å²) in [7, 11) is 9.63. The van der Waals surface area contributed by atoms with Crippen molar-refractivity contribution in [1.29, 1.82) is 0 Å². The molecule has 1 unspecified atom stereocenters. The van der Waals surface area contributed by atoms with Gasteiger partial charge in [-0.15, -0.1) is 0 Å². The number of nitrogens with one attached hydrogen (secondary N) is 1. The Morgan fingerprint density at radius 1 is 0.917 bits per heavy atom. The van der Waals surface area contributed by atoms with Crippen LogP contribution in [0.25, 0.3) is 0 Å². The van der Waals surface area contributed by atoms with E-state index in [0.717, 1.165) is 12.2 Å². The van der Waals surface area contributed by atoms with E-state index >= 15 is 0 Å². The normalized spacial score (nSPS) is 11.4. The summed E-state index contributed by atoms with van der Waals surface area (Å²) in [5.74, 6) is 0. The molecule has 0 saturated heterocycles. The zero-order valence-corrected chi connectivity index (χ0v) is 15.8. The largest absolute Gasteiger partial charge is 0.301 e. The van der Waals surface area contributed by atoms with E-state index in [1.165, 1.54) is 11.1 Å². The molecule has 0 bridgehead atoms. The molecule has 1 aromatic heterocycles. The van der Waals surface area contributed by atoms with E-state index in [1.54, 1.807) is 12.4 Å². The van der Waals surface area contributed by atoms with Crippen LogP contribution in [0.3, 0.4) is 0 Å². The fraction of sp³-hybridized carbons (Fsp3) is 0.111. The minimum absolute atomic E-state index is 0.0418. The van der Waals surface area contributed by atoms with Gasteiger partial charge in [0.05, 0.1) is 17.9 Å². The van der Waals surface area contributed by atoms with Gasteiger partial charge in [0, 0.05) is 18.9 Å². The van der Waals surface area contributed by atoms with Crippen molar-refractivity contribution in [2.24, 2.45) is 0 Å². The minimum atomic E-state index is -0.106. The molecule has 0 fully saturated rings. The molecule has 0 spiro atoms. The van der Waals surface area contributed by atoms with Crippen LogP contribution in [0, 0.1) is 0 Å². The van der Waals surface area contributed by atoms with Gasteiger partial charge in [0.15, 0.2) is 0 Å². The molecule has 3 rings (SSSR count). The molecule has 128 valence electrons. The molecule has 0 aliphatic rings. The van der Waals surface area contributed by atoms with E-state index in [-0.39, 0.29) is 22.0 Å². The molecule has 2 aromatic carbocycles. The number of hydrogen-bond acceptors (Lipinski definition) is 3. The Bertz CT molecular complexity index is 645. The van der Waals surface area contributed by atoms with E-state index in [4.69, 9.17) is 19.1 Å². The maximum Gasteiger partial charge on any atom is 0.0801 e. The monoisotopic (exact) mass is 451 g/mol. The Morgan fingerprint density at radius 2 is 1.54 bits per heavy atom. The molecule has 0 amide bonds. The number of hydrogen-bond donors (Lipinski definition) is 1. The third-order valence-electron chi connectivity index (χ3n) is 3.36. The summed E-state index contributed by atoms with van der Waals surface area (Å²) in [5.41, 5.74) is 3.37. The molecule has 1 N–H and O–H groups in total. The number of halogens is 2. The molecular weight excluding hydrogens is 436 g/mol. The average Bonchev–Trinajstić information content (AvgIpc) is 2.65. The number of aromatic nitrogens is 2. The van der Waals surface area contributed by atoms with Gasteiger partial charge in [-0.2, -0.15) is 0 Å². The first-order chi connectivity index (χ1) is 11.8. The van der Waals surface area contributed by atoms with E-state index in [2.05, 4.69) is 51.7 Å². The molecule has 1 atom stereocenters. The summed E-state index contributed by atoms with van der Waals surface area (Å²) in [4.78, 5) is 8.63. The average molecular weight is 453 g/mol. The van der Waals surface area contributed by atoms with Gasteiger partial charge in [-0.25, -0.2) is 0 Å². The second kappa shape index (κ2) is 11.3. The van der Waals surface area contributed by atoms with Crippen molar-refractivity contribution in [1.82, 2.24) is 15.3 Å². The molecule has 0 aliphatic heterocycles. The quantitative estimate of drug-likeness (QED) is 0.569. The van der Waals surface area contributed by atoms with Crippen molar-refractivity contribution in [3.63, 3.8) is 0 Å². The second-order valence-corrected chi connectivity index (χ2v) is 7.25. The zero-order valence-electron chi connectivity index (χ0n) is 12.8. The topological polar surface area (TPSA) is 37.8 Å². The molecule has 0 saturated carbocycles. The van der Waals surface area contributed by atoms with Gasteiger partial charge in [-0.1, -0.05) is 60.7 Å². The predicted octanol–water partition coefficient (Wildman–Crippen LogP) is 4.73. The molecule has 1 heterocycles. The molecule has 0 aliphatic carbocycles. The van der Waals surface area contributed by atoms with Crippen LogP contribution in [0.5, 0.6) is 0 Å². The van der Waals surface area contributed by atoms with Crippen LogP contribution in [-0.4, -0.2) is 9.97 Å². The van der Waals surface area contributed by atoms with Crippen LogP contribution in [0.2, 0.25) is 0 Å². The van der Waals surface area contributed by atoms with Gasteiger partial charge in [0.1, 0.15) is 0 Å². The van der Waals surface area contributed by atoms with Gasteiger partial charge >= 0.3 is 35.0 Å². The van der Waals surface area contributed by atoms with Crippen molar-refractivity contribution in [3.8, 4) is 0 Å². The van der Waals surface area contributed by atoms with Crippen molar-refractivity contribution in [3.05, 3.63) is 96.1 Å². The summed E-state index contributed by atoms with van der Waals surface area (Å²) in [5, 5.41) is 3.57. The van der Waals surface area contributed by atoms with Gasteiger partial charge in [-0.3, -0.25) is 9.97 Å². The Kier molecular flexibility index (Phi) is 8.98. The van der Waals surface area contributed by atoms with Gasteiger partial charge in [0.25, 0.3) is 0 Å². The first kappa shape index (κ1) is 19.1. The maximum absolute atomic E-state index is 4.81. The SMILES string of the molecule is [Cl][Pd][Cl].c1ccc(CNC(c2ccccc2)c2cnccn2)cc1. The summed E-state index contributed by atoms with van der Waals surface area (Å²) < 4.78 is 0. The van der Waals surface area contributed by atoms with E-state index in [0.29, 0.717) is 0 Å². The molecule has 24 heavy (non-hydrogen) atoms. The predicted molar refractivity (Wildman–Crippen MR) is 95.3 cm³/mol. The van der Waals surface area contributed by atoms with E-state index < -0.39 is 0 Å². The minimum Gasteiger partial charge on any atom is -0.301 e. The Labute approximate surface area is 158 Å². The summed E-state index contributed by atoms with van der Waals surface area (Å²) >= 11 is -0.106. The third kappa shape index (κ3) is 6.32. The molecule has 3 nitrogen and oxygen atoms in total. The van der Waals surface area contributed by atoms with Gasteiger partial charge < -0.3 is 5.32 Å². The zero-order chi connectivity index (χ0) is 17.0. The van der Waals surface area contributed by atoms with Crippen LogP contribution in [0.4, 0.5) is 0 Å². The van der Waals surface area contributed by atoms with Crippen LogP contribution in [0.1, 0.15) is 22.9 Å². The summed E-state index contributed by atoms with van der Waals surface area (Å²) in [6, 6.07) is 20.7. The number of benzene rings is 2. The first-order valence-electron chi connectivity index (χ1n) is 7.25. The van der Waals surface area contributed by atoms with Crippen LogP contribution in [-0.2, 0) is 22.5 Å². The smallest absolute Gasteiger partial charge is 0.0801 e. The van der Waals surface area contributed by atoms with E-state index in [9.17, 15) is 0 Å². The van der Waals surface area contributed by atoms with Crippen molar-refractivity contribution in [2.75, 3.05) is 0 Å². The Morgan fingerprint density at radius 3 is 2.12 bits per heavy atom. The van der Waals surface area contributed by atoms with Crippen LogP contribution >= 0.6 is 19.1 Å². The third-order valence-corrected chi connectivity index (χ3v) is 3.36. The van der Waals surface area contributed by atoms with Crippen molar-refractivity contribution >= 4 is 19.1 Å². The molecular formula is C18H17Cl2N3Pd. The fourth-order valence-electron chi connectivity index (χ4n) is 2.31. The molecule has 0 radical (unpaired) electrons. The van der Waals surface area contributed by atoms with Crippen molar-refractivity contribution in [2.45, 2.75) is 12.6 Å². The van der Waals surface area contributed by atoms with Crippen LogP contribution in [0.15, 0.2) is 79.3 Å². The summed E-state index contributed by atoms with van der Waals surface area (Å²) in [6.45, 7) is 0.789. The Balaban J connectivity index is 0.000000647. The molecule has 6 heteroatoms. The summed E-state index contributed by atoms with van der Waals surface area (Å²) in [6.07, 6.45) is 5.24. The van der Waals surface area contributed by atoms with Crippen molar-refractivity contribution < 1.29 is 15.9 Å². The second-order valence-electron chi connectivity index (χ2n) is 4.89. The fourth-order valence-corrected chi connectivity index (χ4v) is 2.31. The van der Waals surface area contributed by atoms with E-state index in [1.807, 2.05) is 30.5 Å². The standard InChI is InChI=1S/C18H17N3.2ClH.Pd/c1-3-7-15(8-4-1)13-21-18(16-9-5-2-6-10-16)17-14-19-11-12-20-17;;;/h1-12,14,18,21H,13H2;2*1H;/q;;;+2/p-2. The molecule has 3 aromatic rings.